The van der Waals surface area contributed by atoms with E-state index < -0.39 is 5.91 Å². The van der Waals surface area contributed by atoms with Gasteiger partial charge in [0.2, 0.25) is 0 Å². The highest BCUT2D eigenvalue weighted by molar-refractivity contribution is 9.10. The van der Waals surface area contributed by atoms with Crippen molar-refractivity contribution in [3.63, 3.8) is 0 Å². The number of carbonyl (C=O) groups excluding carboxylic acids is 2. The second-order valence-corrected chi connectivity index (χ2v) is 6.36. The minimum absolute atomic E-state index is 0.150. The lowest BCUT2D eigenvalue weighted by Crippen LogP contribution is -2.44. The molecule has 1 aromatic heterocycles. The smallest absolute Gasteiger partial charge is 0.291 e. The van der Waals surface area contributed by atoms with Crippen molar-refractivity contribution in [3.05, 3.63) is 64.2 Å². The first-order valence-electron chi connectivity index (χ1n) is 7.82. The van der Waals surface area contributed by atoms with Crippen molar-refractivity contribution in [2.24, 2.45) is 0 Å². The number of furan rings is 1. The molecule has 1 fully saturated rings. The van der Waals surface area contributed by atoms with Crippen LogP contribution in [0, 0.1) is 0 Å². The highest BCUT2D eigenvalue weighted by Gasteiger charge is 2.23. The molecule has 0 saturated carbocycles. The number of carbonyl (C=O) groups is 2. The molecule has 3 rings (SSSR count). The summed E-state index contributed by atoms with van der Waals surface area (Å²) in [5, 5.41) is 2.66. The molecule has 0 atom stereocenters. The van der Waals surface area contributed by atoms with Crippen LogP contribution in [0.3, 0.4) is 0 Å². The highest BCUT2D eigenvalue weighted by atomic mass is 79.9. The van der Waals surface area contributed by atoms with Crippen LogP contribution in [0.1, 0.15) is 16.1 Å². The van der Waals surface area contributed by atoms with Crippen molar-refractivity contribution in [1.29, 1.82) is 0 Å². The molecular formula is C18H17BrN2O4. The summed E-state index contributed by atoms with van der Waals surface area (Å²) in [4.78, 5) is 26.8. The number of nitrogens with zero attached hydrogens (tertiary/aromatic N) is 1. The highest BCUT2D eigenvalue weighted by Crippen LogP contribution is 2.14. The molecule has 1 N–H and O–H groups in total. The Hall–Kier alpha value is -2.38. The molecule has 1 saturated heterocycles. The molecule has 2 heterocycles. The maximum absolute atomic E-state index is 12.8. The number of ether oxygens (including phenoxy) is 1. The van der Waals surface area contributed by atoms with E-state index in [1.807, 2.05) is 24.3 Å². The normalized spacial score (nSPS) is 15.1. The predicted octanol–water partition coefficient (Wildman–Crippen LogP) is 2.67. The number of hydrogen-bond donors (Lipinski definition) is 1. The average molecular weight is 405 g/mol. The average Bonchev–Trinajstić information content (AvgIpc) is 3.18. The Morgan fingerprint density at radius 2 is 1.84 bits per heavy atom. The van der Waals surface area contributed by atoms with Gasteiger partial charge in [0.25, 0.3) is 11.8 Å². The Morgan fingerprint density at radius 3 is 2.48 bits per heavy atom. The molecule has 25 heavy (non-hydrogen) atoms. The molecular weight excluding hydrogens is 388 g/mol. The van der Waals surface area contributed by atoms with E-state index in [0.717, 1.165) is 10.0 Å². The Bertz CT molecular complexity index is 763. The maximum Gasteiger partial charge on any atom is 0.291 e. The Balaban J connectivity index is 1.85. The van der Waals surface area contributed by atoms with Crippen LogP contribution in [-0.2, 0) is 9.53 Å². The summed E-state index contributed by atoms with van der Waals surface area (Å²) in [6.07, 6.45) is 3.07. The topological polar surface area (TPSA) is 71.8 Å². The minimum atomic E-state index is -0.463. The molecule has 0 spiro atoms. The van der Waals surface area contributed by atoms with Gasteiger partial charge in [0, 0.05) is 17.6 Å². The summed E-state index contributed by atoms with van der Waals surface area (Å²) >= 11 is 3.38. The number of amides is 2. The lowest BCUT2D eigenvalue weighted by atomic mass is 10.1. The van der Waals surface area contributed by atoms with Crippen LogP contribution in [0.5, 0.6) is 0 Å². The van der Waals surface area contributed by atoms with Crippen LogP contribution in [0.4, 0.5) is 0 Å². The van der Waals surface area contributed by atoms with Crippen LogP contribution < -0.4 is 5.32 Å². The van der Waals surface area contributed by atoms with E-state index in [1.54, 1.807) is 23.1 Å². The molecule has 1 aliphatic rings. The van der Waals surface area contributed by atoms with Crippen molar-refractivity contribution >= 4 is 33.8 Å². The maximum atomic E-state index is 12.8. The number of morpholine rings is 1. The van der Waals surface area contributed by atoms with E-state index in [4.69, 9.17) is 9.15 Å². The molecule has 0 radical (unpaired) electrons. The Morgan fingerprint density at radius 1 is 1.12 bits per heavy atom. The Labute approximate surface area is 153 Å². The molecule has 1 aromatic carbocycles. The van der Waals surface area contributed by atoms with Crippen LogP contribution in [0.25, 0.3) is 6.08 Å². The van der Waals surface area contributed by atoms with Crippen molar-refractivity contribution in [3.8, 4) is 0 Å². The third kappa shape index (κ3) is 4.58. The fourth-order valence-corrected chi connectivity index (χ4v) is 2.67. The predicted molar refractivity (Wildman–Crippen MR) is 95.7 cm³/mol. The number of nitrogens with one attached hydrogen (secondary N) is 1. The zero-order chi connectivity index (χ0) is 17.6. The van der Waals surface area contributed by atoms with E-state index in [1.165, 1.54) is 6.26 Å². The number of hydrogen-bond acceptors (Lipinski definition) is 4. The zero-order valence-corrected chi connectivity index (χ0v) is 15.0. The lowest BCUT2D eigenvalue weighted by molar-refractivity contribution is -0.131. The van der Waals surface area contributed by atoms with Gasteiger partial charge in [0.1, 0.15) is 5.70 Å². The van der Waals surface area contributed by atoms with Crippen molar-refractivity contribution in [2.75, 3.05) is 26.3 Å². The van der Waals surface area contributed by atoms with Gasteiger partial charge in [-0.25, -0.2) is 0 Å². The number of rotatable bonds is 4. The summed E-state index contributed by atoms with van der Waals surface area (Å²) in [6.45, 7) is 1.97. The van der Waals surface area contributed by atoms with Gasteiger partial charge < -0.3 is 19.4 Å². The third-order valence-electron chi connectivity index (χ3n) is 3.70. The monoisotopic (exact) mass is 404 g/mol. The first-order chi connectivity index (χ1) is 12.1. The van der Waals surface area contributed by atoms with Gasteiger partial charge in [-0.3, -0.25) is 9.59 Å². The molecule has 2 amide bonds. The van der Waals surface area contributed by atoms with Crippen LogP contribution in [0.2, 0.25) is 0 Å². The SMILES string of the molecule is O=C(NC(=Cc1ccc(Br)cc1)C(=O)N1CCOCC1)c1ccco1. The zero-order valence-electron chi connectivity index (χ0n) is 13.4. The Kier molecular flexibility index (Phi) is 5.67. The van der Waals surface area contributed by atoms with Crippen molar-refractivity contribution in [1.82, 2.24) is 10.2 Å². The van der Waals surface area contributed by atoms with Crippen LogP contribution >= 0.6 is 15.9 Å². The summed E-state index contributed by atoms with van der Waals surface area (Å²) in [5.74, 6) is -0.558. The quantitative estimate of drug-likeness (QED) is 0.795. The standard InChI is InChI=1S/C18H17BrN2O4/c19-14-5-3-13(4-6-14)12-15(18(23)21-7-10-24-11-8-21)20-17(22)16-2-1-9-25-16/h1-6,9,12H,7-8,10-11H2,(H,20,22). The molecule has 1 aliphatic heterocycles. The molecule has 0 aliphatic carbocycles. The van der Waals surface area contributed by atoms with Crippen molar-refractivity contribution < 1.29 is 18.7 Å². The number of halogens is 1. The van der Waals surface area contributed by atoms with Crippen LogP contribution in [0.15, 0.2) is 57.2 Å². The minimum Gasteiger partial charge on any atom is -0.459 e. The van der Waals surface area contributed by atoms with Gasteiger partial charge in [0.15, 0.2) is 5.76 Å². The second-order valence-electron chi connectivity index (χ2n) is 5.45. The summed E-state index contributed by atoms with van der Waals surface area (Å²) in [7, 11) is 0. The number of benzene rings is 1. The fraction of sp³-hybridized carbons (Fsp3) is 0.222. The third-order valence-corrected chi connectivity index (χ3v) is 4.23. The van der Waals surface area contributed by atoms with Gasteiger partial charge in [-0.1, -0.05) is 28.1 Å². The van der Waals surface area contributed by atoms with Gasteiger partial charge >= 0.3 is 0 Å². The second kappa shape index (κ2) is 8.13. The molecule has 0 bridgehead atoms. The van der Waals surface area contributed by atoms with Gasteiger partial charge in [-0.2, -0.15) is 0 Å². The van der Waals surface area contributed by atoms with E-state index >= 15 is 0 Å². The van der Waals surface area contributed by atoms with Gasteiger partial charge in [-0.05, 0) is 35.9 Å². The van der Waals surface area contributed by atoms with Gasteiger partial charge in [-0.15, -0.1) is 0 Å². The van der Waals surface area contributed by atoms with E-state index in [-0.39, 0.29) is 17.4 Å². The van der Waals surface area contributed by atoms with Crippen LogP contribution in [-0.4, -0.2) is 43.0 Å². The lowest BCUT2D eigenvalue weighted by Gasteiger charge is -2.27. The molecule has 6 nitrogen and oxygen atoms in total. The van der Waals surface area contributed by atoms with Gasteiger partial charge in [0.05, 0.1) is 19.5 Å². The van der Waals surface area contributed by atoms with Crippen molar-refractivity contribution in [2.45, 2.75) is 0 Å². The fourth-order valence-electron chi connectivity index (χ4n) is 2.41. The van der Waals surface area contributed by atoms with E-state index in [9.17, 15) is 9.59 Å². The molecule has 7 heteroatoms. The molecule has 2 aromatic rings. The summed E-state index contributed by atoms with van der Waals surface area (Å²) in [6, 6.07) is 10.6. The molecule has 0 unspecified atom stereocenters. The first kappa shape index (κ1) is 17.4. The first-order valence-corrected chi connectivity index (χ1v) is 8.62. The van der Waals surface area contributed by atoms with E-state index in [0.29, 0.717) is 26.3 Å². The summed E-state index contributed by atoms with van der Waals surface area (Å²) < 4.78 is 11.3. The van der Waals surface area contributed by atoms with E-state index in [2.05, 4.69) is 21.2 Å². The molecule has 130 valence electrons. The largest absolute Gasteiger partial charge is 0.459 e. The summed E-state index contributed by atoms with van der Waals surface area (Å²) in [5.41, 5.74) is 1.00.